The van der Waals surface area contributed by atoms with Crippen LogP contribution in [0.15, 0.2) is 140 Å². The van der Waals surface area contributed by atoms with E-state index in [-0.39, 0.29) is 151 Å². The van der Waals surface area contributed by atoms with Crippen molar-refractivity contribution in [2.45, 2.75) is 74.5 Å². The number of hydrogen-bond donors (Lipinski definition) is 25. The SMILES string of the molecule is O=C(O[C@@H]1Cc2c(O)cc(O)cc2O[C@@H]1c1cc(O)c(O)c(O)c1)c1cc(O)c(O)c(O)c1.O=C(O[C@@H]1Cc2c(O)cc(O)cc2O[C@@H]1c1ccc(O)c(O)c1)c1cc(O)c(O)c(O)c1.Oc1cc(O)c2c(c1)O[C@H](c1ccc(O)c(O)c1)[C@@H](O)C2.Oc1cc(O)c2c(c1)O[C@H](c1ccc(O)c(O)c1)[C@H](O)C2. The van der Waals surface area contributed by atoms with Gasteiger partial charge >= 0.3 is 11.9 Å². The molecule has 33 heteroatoms. The third kappa shape index (κ3) is 15.7. The number of carbonyl (C=O) groups is 2. The Hall–Kier alpha value is -14.3. The molecule has 0 saturated carbocycles. The van der Waals surface area contributed by atoms with E-state index in [1.807, 2.05) is 0 Å². The second-order valence-corrected chi connectivity index (χ2v) is 24.6. The lowest BCUT2D eigenvalue weighted by molar-refractivity contribution is -0.0192. The van der Waals surface area contributed by atoms with Gasteiger partial charge in [0.2, 0.25) is 0 Å². The van der Waals surface area contributed by atoms with E-state index in [4.69, 9.17) is 28.4 Å². The lowest BCUT2D eigenvalue weighted by Gasteiger charge is -2.34. The molecule has 0 radical (unpaired) electrons. The minimum absolute atomic E-state index is 0.0461. The average molecular weight is 1480 g/mol. The molecule has 0 saturated heterocycles. The highest BCUT2D eigenvalue weighted by Gasteiger charge is 2.41. The van der Waals surface area contributed by atoms with Gasteiger partial charge in [-0.1, -0.05) is 18.2 Å². The van der Waals surface area contributed by atoms with Crippen molar-refractivity contribution in [3.63, 3.8) is 0 Å². The van der Waals surface area contributed by atoms with Gasteiger partial charge in [0.25, 0.3) is 0 Å². The van der Waals surface area contributed by atoms with Gasteiger partial charge in [-0.15, -0.1) is 0 Å². The summed E-state index contributed by atoms with van der Waals surface area (Å²) in [5, 5.41) is 243. The standard InChI is InChI=1S/C22H18O11.C22H18O10.2C15H14O6/c23-10-5-12(24)11-7-18(33-22(31)9-3-15(27)20(30)16(28)4-9)21(32-17(11)6-10)8-1-13(25)19(29)14(26)2-8;23-11-6-14(25)12-8-19(32-22(30)10-4-16(27)20(29)17(28)5-10)21(31-18(12)7-11)9-1-2-13(24)15(26)3-9;2*16-8-4-11(18)9-6-13(20)15(21-14(9)5-8)7-1-2-10(17)12(19)3-7/h1-6,18,21,23-30H,7H2;1-7,19,21,23-29H,8H2;2*1-5,13,15-20H,6H2/t18-,21-;19-,21-;13-,15+;13-,15-/m1101/s1. The molecular weight excluding hydrogens is 1420 g/mol. The molecule has 0 unspecified atom stereocenters. The zero-order valence-corrected chi connectivity index (χ0v) is 54.7. The molecule has 4 aliphatic heterocycles. The van der Waals surface area contributed by atoms with Gasteiger partial charge in [0.1, 0.15) is 93.4 Å². The van der Waals surface area contributed by atoms with Crippen molar-refractivity contribution in [3.8, 4) is 155 Å². The third-order valence-electron chi connectivity index (χ3n) is 17.2. The first-order valence-electron chi connectivity index (χ1n) is 31.5. The molecule has 4 heterocycles. The molecule has 10 aromatic carbocycles. The van der Waals surface area contributed by atoms with E-state index < -0.39 is 118 Å². The number of phenols is 23. The molecule has 4 aliphatic rings. The summed E-state index contributed by atoms with van der Waals surface area (Å²) in [6, 6.07) is 27.6. The Balaban J connectivity index is 0.000000145. The average Bonchev–Trinajstić information content (AvgIpc) is 0.776. The Labute approximate surface area is 600 Å². The van der Waals surface area contributed by atoms with Crippen molar-refractivity contribution in [1.82, 2.24) is 0 Å². The third-order valence-corrected chi connectivity index (χ3v) is 17.2. The zero-order chi connectivity index (χ0) is 77.5. The van der Waals surface area contributed by atoms with Gasteiger partial charge in [0, 0.05) is 108 Å². The number of fused-ring (bicyclic) bond motifs is 4. The predicted octanol–water partition coefficient (Wildman–Crippen LogP) is 7.85. The minimum atomic E-state index is -1.18. The first-order chi connectivity index (χ1) is 50.6. The molecule has 107 heavy (non-hydrogen) atoms. The fraction of sp³-hybridized carbons (Fsp3) is 0.162. The first kappa shape index (κ1) is 73.9. The van der Waals surface area contributed by atoms with E-state index in [2.05, 4.69) is 0 Å². The summed E-state index contributed by atoms with van der Waals surface area (Å²) in [5.41, 5.74) is 2.09. The van der Waals surface area contributed by atoms with E-state index in [1.165, 1.54) is 91.0 Å². The van der Waals surface area contributed by atoms with Crippen LogP contribution in [0.4, 0.5) is 0 Å². The summed E-state index contributed by atoms with van der Waals surface area (Å²) in [4.78, 5) is 25.4. The van der Waals surface area contributed by atoms with Crippen molar-refractivity contribution < 1.29 is 166 Å². The van der Waals surface area contributed by atoms with E-state index in [0.29, 0.717) is 27.8 Å². The van der Waals surface area contributed by atoms with Crippen molar-refractivity contribution in [1.29, 1.82) is 0 Å². The molecule has 8 atom stereocenters. The van der Waals surface area contributed by atoms with Crippen molar-refractivity contribution in [3.05, 3.63) is 195 Å². The van der Waals surface area contributed by atoms with E-state index in [0.717, 1.165) is 48.5 Å². The lowest BCUT2D eigenvalue weighted by Crippen LogP contribution is -2.34. The van der Waals surface area contributed by atoms with Gasteiger partial charge in [0.15, 0.2) is 98.5 Å². The highest BCUT2D eigenvalue weighted by Crippen LogP contribution is 2.50. The predicted molar refractivity (Wildman–Crippen MR) is 361 cm³/mol. The molecule has 0 amide bonds. The van der Waals surface area contributed by atoms with Crippen LogP contribution in [0, 0.1) is 0 Å². The molecular formula is C74H64O33. The summed E-state index contributed by atoms with van der Waals surface area (Å²) in [6.07, 6.45) is -7.73. The number of hydrogen-bond acceptors (Lipinski definition) is 33. The quantitative estimate of drug-likeness (QED) is 0.0508. The lowest BCUT2D eigenvalue weighted by atomic mass is 9.93. The van der Waals surface area contributed by atoms with E-state index in [9.17, 15) is 137 Å². The summed E-state index contributed by atoms with van der Waals surface area (Å²) in [6.45, 7) is 0. The molecule has 558 valence electrons. The summed E-state index contributed by atoms with van der Waals surface area (Å²) < 4.78 is 33.9. The first-order valence-corrected chi connectivity index (χ1v) is 31.5. The Kier molecular flexibility index (Phi) is 20.4. The number of aliphatic hydroxyl groups is 2. The van der Waals surface area contributed by atoms with Crippen molar-refractivity contribution in [2.75, 3.05) is 0 Å². The maximum Gasteiger partial charge on any atom is 0.338 e. The number of rotatable bonds is 8. The second kappa shape index (κ2) is 29.6. The van der Waals surface area contributed by atoms with Gasteiger partial charge in [-0.25, -0.2) is 9.59 Å². The summed E-state index contributed by atoms with van der Waals surface area (Å²) >= 11 is 0. The molecule has 10 aromatic rings. The Morgan fingerprint density at radius 2 is 0.505 bits per heavy atom. The number of aliphatic hydroxyl groups excluding tert-OH is 2. The normalized spacial score (nSPS) is 18.5. The van der Waals surface area contributed by atoms with Crippen LogP contribution in [0.5, 0.6) is 155 Å². The number of phenolic OH excluding ortho intramolecular Hbond substituents is 23. The van der Waals surface area contributed by atoms with Crippen LogP contribution < -0.4 is 18.9 Å². The topological polar surface area (TPSA) is 595 Å². The maximum atomic E-state index is 12.7. The molecule has 25 N–H and O–H groups in total. The summed E-state index contributed by atoms with van der Waals surface area (Å²) in [5.74, 6) is -11.7. The van der Waals surface area contributed by atoms with Gasteiger partial charge < -0.3 is 156 Å². The van der Waals surface area contributed by atoms with Crippen LogP contribution in [0.1, 0.15) is 89.6 Å². The van der Waals surface area contributed by atoms with Gasteiger partial charge in [-0.2, -0.15) is 0 Å². The minimum Gasteiger partial charge on any atom is -0.508 e. The fourth-order valence-corrected chi connectivity index (χ4v) is 12.0. The Bertz CT molecular complexity index is 4920. The van der Waals surface area contributed by atoms with Crippen LogP contribution in [0.2, 0.25) is 0 Å². The zero-order valence-electron chi connectivity index (χ0n) is 54.7. The van der Waals surface area contributed by atoms with Gasteiger partial charge in [-0.3, -0.25) is 0 Å². The summed E-state index contributed by atoms with van der Waals surface area (Å²) in [7, 11) is 0. The number of benzene rings is 10. The molecule has 0 aliphatic carbocycles. The highest BCUT2D eigenvalue weighted by molar-refractivity contribution is 5.92. The molecule has 33 nitrogen and oxygen atoms in total. The molecule has 0 aromatic heterocycles. The van der Waals surface area contributed by atoms with Crippen molar-refractivity contribution in [2.24, 2.45) is 0 Å². The highest BCUT2D eigenvalue weighted by atomic mass is 16.6. The number of ether oxygens (including phenoxy) is 6. The fourth-order valence-electron chi connectivity index (χ4n) is 12.0. The van der Waals surface area contributed by atoms with Crippen LogP contribution in [-0.4, -0.2) is 164 Å². The Morgan fingerprint density at radius 3 is 0.794 bits per heavy atom. The Morgan fingerprint density at radius 1 is 0.262 bits per heavy atom. The van der Waals surface area contributed by atoms with E-state index in [1.54, 1.807) is 0 Å². The molecule has 0 spiro atoms. The van der Waals surface area contributed by atoms with Crippen LogP contribution >= 0.6 is 0 Å². The molecule has 0 fully saturated rings. The van der Waals surface area contributed by atoms with Crippen LogP contribution in [-0.2, 0) is 35.2 Å². The number of carbonyl (C=O) groups excluding carboxylic acids is 2. The van der Waals surface area contributed by atoms with Crippen LogP contribution in [0.25, 0.3) is 0 Å². The monoisotopic (exact) mass is 1480 g/mol. The number of aromatic hydroxyl groups is 23. The maximum absolute atomic E-state index is 12.7. The second-order valence-electron chi connectivity index (χ2n) is 24.6. The van der Waals surface area contributed by atoms with Crippen LogP contribution in [0.3, 0.4) is 0 Å². The largest absolute Gasteiger partial charge is 0.508 e. The molecule has 14 rings (SSSR count). The smallest absolute Gasteiger partial charge is 0.338 e. The number of esters is 2. The van der Waals surface area contributed by atoms with Crippen molar-refractivity contribution >= 4 is 11.9 Å². The van der Waals surface area contributed by atoms with E-state index >= 15 is 0 Å². The van der Waals surface area contributed by atoms with Gasteiger partial charge in [0.05, 0.1) is 23.3 Å². The molecule has 0 bridgehead atoms. The van der Waals surface area contributed by atoms with Gasteiger partial charge in [-0.05, 0) is 83.9 Å².